The van der Waals surface area contributed by atoms with E-state index in [1.165, 1.54) is 5.56 Å². The fourth-order valence-corrected chi connectivity index (χ4v) is 3.95. The van der Waals surface area contributed by atoms with E-state index in [1.807, 2.05) is 20.8 Å². The SMILES string of the molecule is CN=C(NCC(C)c1ccsc1)NC1CCC(NC(=O)OC(C)(C)C)CC1. The topological polar surface area (TPSA) is 74.8 Å². The molecule has 1 heterocycles. The van der Waals surface area contributed by atoms with Crippen LogP contribution in [0.1, 0.15) is 64.9 Å². The Morgan fingerprint density at radius 1 is 1.26 bits per heavy atom. The number of hydrogen-bond acceptors (Lipinski definition) is 4. The van der Waals surface area contributed by atoms with Crippen molar-refractivity contribution in [1.29, 1.82) is 0 Å². The van der Waals surface area contributed by atoms with Crippen LogP contribution in [0.5, 0.6) is 0 Å². The van der Waals surface area contributed by atoms with Gasteiger partial charge in [-0.3, -0.25) is 4.99 Å². The summed E-state index contributed by atoms with van der Waals surface area (Å²) in [6.45, 7) is 8.71. The van der Waals surface area contributed by atoms with Gasteiger partial charge in [0.25, 0.3) is 0 Å². The van der Waals surface area contributed by atoms with Gasteiger partial charge in [-0.1, -0.05) is 6.92 Å². The highest BCUT2D eigenvalue weighted by Gasteiger charge is 2.25. The van der Waals surface area contributed by atoms with Crippen LogP contribution >= 0.6 is 11.3 Å². The molecule has 2 rings (SSSR count). The van der Waals surface area contributed by atoms with E-state index in [9.17, 15) is 4.79 Å². The summed E-state index contributed by atoms with van der Waals surface area (Å²) in [5, 5.41) is 14.2. The third-order valence-corrected chi connectivity index (χ3v) is 5.40. The highest BCUT2D eigenvalue weighted by Crippen LogP contribution is 2.20. The number of hydrogen-bond donors (Lipinski definition) is 3. The lowest BCUT2D eigenvalue weighted by Crippen LogP contribution is -2.48. The van der Waals surface area contributed by atoms with Gasteiger partial charge in [-0.2, -0.15) is 11.3 Å². The van der Waals surface area contributed by atoms with E-state index in [0.29, 0.717) is 12.0 Å². The first-order valence-electron chi connectivity index (χ1n) is 9.75. The maximum absolute atomic E-state index is 11.9. The van der Waals surface area contributed by atoms with Crippen LogP contribution in [0.4, 0.5) is 4.79 Å². The van der Waals surface area contributed by atoms with E-state index in [0.717, 1.165) is 38.2 Å². The van der Waals surface area contributed by atoms with Gasteiger partial charge in [-0.15, -0.1) is 0 Å². The van der Waals surface area contributed by atoms with Crippen molar-refractivity contribution in [3.05, 3.63) is 22.4 Å². The first-order chi connectivity index (χ1) is 12.8. The first-order valence-corrected chi connectivity index (χ1v) is 10.7. The van der Waals surface area contributed by atoms with Gasteiger partial charge in [0.05, 0.1) is 0 Å². The summed E-state index contributed by atoms with van der Waals surface area (Å²) in [6.07, 6.45) is 3.57. The van der Waals surface area contributed by atoms with E-state index in [1.54, 1.807) is 18.4 Å². The van der Waals surface area contributed by atoms with Crippen LogP contribution in [0.3, 0.4) is 0 Å². The molecule has 1 atom stereocenters. The lowest BCUT2D eigenvalue weighted by atomic mass is 9.91. The molecule has 0 bridgehead atoms. The first kappa shape index (κ1) is 21.5. The predicted molar refractivity (Wildman–Crippen MR) is 113 cm³/mol. The normalized spacial score (nSPS) is 22.0. The van der Waals surface area contributed by atoms with Crippen LogP contribution in [0, 0.1) is 0 Å². The summed E-state index contributed by atoms with van der Waals surface area (Å²) in [7, 11) is 1.81. The van der Waals surface area contributed by atoms with Gasteiger partial charge in [0.2, 0.25) is 0 Å². The fraction of sp³-hybridized carbons (Fsp3) is 0.700. The van der Waals surface area contributed by atoms with Gasteiger partial charge in [-0.25, -0.2) is 4.79 Å². The number of aliphatic imine (C=N–C) groups is 1. The fourth-order valence-electron chi connectivity index (χ4n) is 3.17. The molecule has 152 valence electrons. The number of nitrogens with zero attached hydrogens (tertiary/aromatic N) is 1. The van der Waals surface area contributed by atoms with E-state index >= 15 is 0 Å². The number of thiophene rings is 1. The smallest absolute Gasteiger partial charge is 0.407 e. The molecule has 7 heteroatoms. The Bertz CT molecular complexity index is 602. The minimum absolute atomic E-state index is 0.187. The molecule has 1 saturated carbocycles. The Morgan fingerprint density at radius 3 is 2.41 bits per heavy atom. The molecule has 0 radical (unpaired) electrons. The Morgan fingerprint density at radius 2 is 1.89 bits per heavy atom. The molecule has 1 aromatic rings. The second kappa shape index (κ2) is 9.97. The van der Waals surface area contributed by atoms with E-state index in [-0.39, 0.29) is 12.1 Å². The number of ether oxygens (including phenoxy) is 1. The zero-order valence-corrected chi connectivity index (χ0v) is 18.0. The molecular weight excluding hydrogens is 360 g/mol. The maximum atomic E-state index is 11.9. The summed E-state index contributed by atoms with van der Waals surface area (Å²) < 4.78 is 5.34. The number of rotatable bonds is 5. The van der Waals surface area contributed by atoms with Gasteiger partial charge < -0.3 is 20.7 Å². The van der Waals surface area contributed by atoms with Crippen molar-refractivity contribution in [2.45, 2.75) is 77.0 Å². The molecule has 1 amide bonds. The molecule has 0 aliphatic heterocycles. The minimum Gasteiger partial charge on any atom is -0.444 e. The highest BCUT2D eigenvalue weighted by molar-refractivity contribution is 7.07. The van der Waals surface area contributed by atoms with E-state index < -0.39 is 5.60 Å². The number of guanidine groups is 1. The van der Waals surface area contributed by atoms with Crippen molar-refractivity contribution in [1.82, 2.24) is 16.0 Å². The standard InChI is InChI=1S/C20H34N4O2S/c1-14(15-10-11-27-13-15)12-22-18(21-5)23-16-6-8-17(9-7-16)24-19(25)26-20(2,3)4/h10-11,13-14,16-17H,6-9,12H2,1-5H3,(H,24,25)(H2,21,22,23). The average molecular weight is 395 g/mol. The van der Waals surface area contributed by atoms with Crippen LogP contribution < -0.4 is 16.0 Å². The maximum Gasteiger partial charge on any atom is 0.407 e. The van der Waals surface area contributed by atoms with Gasteiger partial charge in [0, 0.05) is 25.7 Å². The van der Waals surface area contributed by atoms with Crippen molar-refractivity contribution >= 4 is 23.4 Å². The zero-order chi connectivity index (χ0) is 19.9. The number of amides is 1. The largest absolute Gasteiger partial charge is 0.444 e. The number of alkyl carbamates (subject to hydrolysis) is 1. The molecule has 6 nitrogen and oxygen atoms in total. The molecule has 1 fully saturated rings. The lowest BCUT2D eigenvalue weighted by Gasteiger charge is -2.31. The molecule has 27 heavy (non-hydrogen) atoms. The highest BCUT2D eigenvalue weighted by atomic mass is 32.1. The summed E-state index contributed by atoms with van der Waals surface area (Å²) in [5.41, 5.74) is 0.901. The summed E-state index contributed by atoms with van der Waals surface area (Å²) in [6, 6.07) is 2.74. The van der Waals surface area contributed by atoms with Crippen LogP contribution in [0.25, 0.3) is 0 Å². The Labute approximate surface area is 167 Å². The minimum atomic E-state index is -0.457. The van der Waals surface area contributed by atoms with Gasteiger partial charge >= 0.3 is 6.09 Å². The molecule has 0 spiro atoms. The van der Waals surface area contributed by atoms with E-state index in [4.69, 9.17) is 4.74 Å². The predicted octanol–water partition coefficient (Wildman–Crippen LogP) is 3.85. The van der Waals surface area contributed by atoms with Crippen LogP contribution in [-0.2, 0) is 4.74 Å². The molecule has 1 aromatic heterocycles. The lowest BCUT2D eigenvalue weighted by molar-refractivity contribution is 0.0490. The molecule has 1 aliphatic carbocycles. The molecule has 0 aromatic carbocycles. The third-order valence-electron chi connectivity index (χ3n) is 4.70. The van der Waals surface area contributed by atoms with Crippen LogP contribution in [-0.4, -0.2) is 43.3 Å². The Balaban J connectivity index is 1.70. The number of carbonyl (C=O) groups is 1. The second-order valence-corrected chi connectivity index (χ2v) is 9.03. The summed E-state index contributed by atoms with van der Waals surface area (Å²) in [5.74, 6) is 1.30. The summed E-state index contributed by atoms with van der Waals surface area (Å²) >= 11 is 1.73. The van der Waals surface area contributed by atoms with Crippen molar-refractivity contribution in [3.8, 4) is 0 Å². The summed E-state index contributed by atoms with van der Waals surface area (Å²) in [4.78, 5) is 16.3. The Hall–Kier alpha value is -1.76. The molecular formula is C20H34N4O2S. The van der Waals surface area contributed by atoms with Gasteiger partial charge in [0.15, 0.2) is 5.96 Å². The number of nitrogens with one attached hydrogen (secondary N) is 3. The van der Waals surface area contributed by atoms with Crippen LogP contribution in [0.2, 0.25) is 0 Å². The average Bonchev–Trinajstić information content (AvgIpc) is 3.12. The van der Waals surface area contributed by atoms with Gasteiger partial charge in [-0.05, 0) is 74.8 Å². The molecule has 1 unspecified atom stereocenters. The number of carbonyl (C=O) groups excluding carboxylic acids is 1. The van der Waals surface area contributed by atoms with E-state index in [2.05, 4.69) is 44.7 Å². The second-order valence-electron chi connectivity index (χ2n) is 8.25. The van der Waals surface area contributed by atoms with Crippen molar-refractivity contribution < 1.29 is 9.53 Å². The molecule has 3 N–H and O–H groups in total. The third kappa shape index (κ3) is 7.79. The quantitative estimate of drug-likeness (QED) is 0.524. The molecule has 1 aliphatic rings. The van der Waals surface area contributed by atoms with Crippen LogP contribution in [0.15, 0.2) is 21.8 Å². The zero-order valence-electron chi connectivity index (χ0n) is 17.2. The van der Waals surface area contributed by atoms with Gasteiger partial charge in [0.1, 0.15) is 5.60 Å². The molecule has 0 saturated heterocycles. The van der Waals surface area contributed by atoms with Crippen molar-refractivity contribution in [2.75, 3.05) is 13.6 Å². The monoisotopic (exact) mass is 394 g/mol. The van der Waals surface area contributed by atoms with Crippen molar-refractivity contribution in [2.24, 2.45) is 4.99 Å². The Kier molecular flexibility index (Phi) is 7.95. The van der Waals surface area contributed by atoms with Crippen molar-refractivity contribution in [3.63, 3.8) is 0 Å².